The number of rotatable bonds is 6. The highest BCUT2D eigenvalue weighted by Crippen LogP contribution is 2.60. The van der Waals surface area contributed by atoms with Gasteiger partial charge in [0.1, 0.15) is 5.60 Å². The fourth-order valence-electron chi connectivity index (χ4n) is 7.44. The van der Waals surface area contributed by atoms with Gasteiger partial charge in [-0.25, -0.2) is 0 Å². The first-order chi connectivity index (χ1) is 15.6. The van der Waals surface area contributed by atoms with E-state index in [1.54, 1.807) is 11.8 Å². The molecule has 4 aliphatic carbocycles. The summed E-state index contributed by atoms with van der Waals surface area (Å²) in [5.41, 5.74) is 1.12. The van der Waals surface area contributed by atoms with Crippen molar-refractivity contribution < 1.29 is 9.53 Å². The molecule has 0 radical (unpaired) electrons. The Bertz CT molecular complexity index is 1140. The average Bonchev–Trinajstić information content (AvgIpc) is 2.80. The van der Waals surface area contributed by atoms with Gasteiger partial charge < -0.3 is 4.74 Å². The lowest BCUT2D eigenvalue weighted by Gasteiger charge is -2.60. The fraction of sp³-hybridized carbons (Fsp3) is 0.483. The molecular formula is C29H32O2S. The van der Waals surface area contributed by atoms with Crippen LogP contribution in [0.15, 0.2) is 54.6 Å². The molecule has 3 heteroatoms. The van der Waals surface area contributed by atoms with Crippen molar-refractivity contribution in [3.05, 3.63) is 60.2 Å². The number of benzene rings is 3. The number of hydrogen-bond acceptors (Lipinski definition) is 3. The van der Waals surface area contributed by atoms with Crippen LogP contribution in [0.3, 0.4) is 0 Å². The van der Waals surface area contributed by atoms with Crippen molar-refractivity contribution in [3.8, 4) is 0 Å². The Kier molecular flexibility index (Phi) is 5.21. The second-order valence-corrected chi connectivity index (χ2v) is 11.4. The van der Waals surface area contributed by atoms with E-state index in [0.717, 1.165) is 24.0 Å². The number of fused-ring (bicyclic) bond motifs is 2. The Morgan fingerprint density at radius 3 is 2.25 bits per heavy atom. The third kappa shape index (κ3) is 3.44. The van der Waals surface area contributed by atoms with Gasteiger partial charge in [-0.1, -0.05) is 49.4 Å². The highest BCUT2D eigenvalue weighted by molar-refractivity contribution is 7.99. The van der Waals surface area contributed by atoms with Crippen molar-refractivity contribution in [1.29, 1.82) is 0 Å². The number of hydrogen-bond donors (Lipinski definition) is 0. The smallest absolute Gasteiger partial charge is 0.316 e. The summed E-state index contributed by atoms with van der Waals surface area (Å²) in [6.45, 7) is 2.24. The van der Waals surface area contributed by atoms with Crippen LogP contribution in [-0.4, -0.2) is 17.3 Å². The first-order valence-corrected chi connectivity index (χ1v) is 13.5. The molecule has 3 aromatic rings. The van der Waals surface area contributed by atoms with E-state index in [0.29, 0.717) is 17.6 Å². The van der Waals surface area contributed by atoms with Gasteiger partial charge in [-0.05, 0) is 101 Å². The molecule has 4 bridgehead atoms. The maximum Gasteiger partial charge on any atom is 0.316 e. The minimum absolute atomic E-state index is 0.00462. The molecule has 0 aromatic heterocycles. The zero-order chi connectivity index (χ0) is 21.7. The zero-order valence-electron chi connectivity index (χ0n) is 18.9. The minimum Gasteiger partial charge on any atom is -0.458 e. The quantitative estimate of drug-likeness (QED) is 0.293. The van der Waals surface area contributed by atoms with Gasteiger partial charge in [0.15, 0.2) is 0 Å². The molecule has 32 heavy (non-hydrogen) atoms. The Morgan fingerprint density at radius 2 is 1.56 bits per heavy atom. The Balaban J connectivity index is 1.14. The van der Waals surface area contributed by atoms with E-state index >= 15 is 0 Å². The lowest BCUT2D eigenvalue weighted by Crippen LogP contribution is -2.59. The molecule has 2 nitrogen and oxygen atoms in total. The van der Waals surface area contributed by atoms with Crippen LogP contribution in [0, 0.1) is 23.7 Å². The maximum atomic E-state index is 13.0. The SMILES string of the molecule is CCC1(OC(=O)CSCc2cccc3cc4ccccc4cc23)C2CC3CC(C2)CC1C3. The highest BCUT2D eigenvalue weighted by atomic mass is 32.2. The third-order valence-corrected chi connectivity index (χ3v) is 9.65. The second-order valence-electron chi connectivity index (χ2n) is 10.4. The Labute approximate surface area is 195 Å². The molecule has 7 rings (SSSR count). The van der Waals surface area contributed by atoms with Gasteiger partial charge in [-0.3, -0.25) is 4.79 Å². The first kappa shape index (κ1) is 20.6. The normalized spacial score (nSPS) is 30.8. The van der Waals surface area contributed by atoms with Gasteiger partial charge in [0.25, 0.3) is 0 Å². The molecule has 3 aromatic carbocycles. The van der Waals surface area contributed by atoms with Crippen LogP contribution in [0.25, 0.3) is 21.5 Å². The highest BCUT2D eigenvalue weighted by Gasteiger charge is 2.58. The number of thioether (sulfide) groups is 1. The largest absolute Gasteiger partial charge is 0.458 e. The fourth-order valence-corrected chi connectivity index (χ4v) is 8.24. The summed E-state index contributed by atoms with van der Waals surface area (Å²) in [7, 11) is 0. The van der Waals surface area contributed by atoms with Crippen LogP contribution >= 0.6 is 11.8 Å². The Morgan fingerprint density at radius 1 is 0.906 bits per heavy atom. The maximum absolute atomic E-state index is 13.0. The standard InChI is InChI=1S/C29H32O2S/c1-2-29(25-11-19-10-20(13-25)14-26(29)12-19)31-28(30)18-32-17-24-9-5-8-23-15-21-6-3-4-7-22(21)16-27(23)24/h3-9,15-16,19-20,25-26H,2,10-14,17-18H2,1H3. The molecule has 4 saturated carbocycles. The van der Waals surface area contributed by atoms with Gasteiger partial charge >= 0.3 is 5.97 Å². The summed E-state index contributed by atoms with van der Waals surface area (Å²) in [6, 6.07) is 19.6. The molecule has 0 aliphatic heterocycles. The molecular weight excluding hydrogens is 412 g/mol. The summed E-state index contributed by atoms with van der Waals surface area (Å²) in [5.74, 6) is 4.27. The number of esters is 1. The predicted octanol–water partition coefficient (Wildman–Crippen LogP) is 7.37. The molecule has 0 amide bonds. The topological polar surface area (TPSA) is 26.3 Å². The molecule has 0 N–H and O–H groups in total. The molecule has 166 valence electrons. The predicted molar refractivity (Wildman–Crippen MR) is 134 cm³/mol. The average molecular weight is 445 g/mol. The van der Waals surface area contributed by atoms with E-state index in [2.05, 4.69) is 61.5 Å². The molecule has 4 aliphatic rings. The minimum atomic E-state index is -0.177. The van der Waals surface area contributed by atoms with Crippen LogP contribution in [0.5, 0.6) is 0 Å². The zero-order valence-corrected chi connectivity index (χ0v) is 19.7. The molecule has 0 spiro atoms. The van der Waals surface area contributed by atoms with Crippen LogP contribution < -0.4 is 0 Å². The number of ether oxygens (including phenoxy) is 1. The number of carbonyl (C=O) groups excluding carboxylic acids is 1. The van der Waals surface area contributed by atoms with E-state index < -0.39 is 0 Å². The second kappa shape index (κ2) is 8.09. The monoisotopic (exact) mass is 444 g/mol. The van der Waals surface area contributed by atoms with Crippen molar-refractivity contribution in [2.75, 3.05) is 5.75 Å². The van der Waals surface area contributed by atoms with Crippen molar-refractivity contribution in [2.24, 2.45) is 23.7 Å². The molecule has 0 saturated heterocycles. The lowest BCUT2D eigenvalue weighted by atomic mass is 9.49. The summed E-state index contributed by atoms with van der Waals surface area (Å²) in [4.78, 5) is 13.0. The van der Waals surface area contributed by atoms with Crippen LogP contribution in [0.2, 0.25) is 0 Å². The summed E-state index contributed by atoms with van der Waals surface area (Å²) >= 11 is 1.70. The summed E-state index contributed by atoms with van der Waals surface area (Å²) < 4.78 is 6.39. The van der Waals surface area contributed by atoms with Gasteiger partial charge in [0, 0.05) is 5.75 Å². The molecule has 0 unspecified atom stereocenters. The van der Waals surface area contributed by atoms with Gasteiger partial charge in [-0.2, -0.15) is 0 Å². The van der Waals surface area contributed by atoms with E-state index in [4.69, 9.17) is 4.74 Å². The van der Waals surface area contributed by atoms with Gasteiger partial charge in [0.2, 0.25) is 0 Å². The van der Waals surface area contributed by atoms with Crippen molar-refractivity contribution in [2.45, 2.75) is 56.8 Å². The van der Waals surface area contributed by atoms with E-state index in [1.807, 2.05) is 0 Å². The molecule has 4 fully saturated rings. The van der Waals surface area contributed by atoms with Gasteiger partial charge in [0.05, 0.1) is 5.75 Å². The van der Waals surface area contributed by atoms with E-state index in [1.165, 1.54) is 59.2 Å². The van der Waals surface area contributed by atoms with Crippen LogP contribution in [-0.2, 0) is 15.3 Å². The van der Waals surface area contributed by atoms with Crippen molar-refractivity contribution in [3.63, 3.8) is 0 Å². The molecule has 0 heterocycles. The number of carbonyl (C=O) groups is 1. The Hall–Kier alpha value is -2.00. The third-order valence-electron chi connectivity index (χ3n) is 8.69. The van der Waals surface area contributed by atoms with Crippen LogP contribution in [0.1, 0.15) is 51.0 Å². The summed E-state index contributed by atoms with van der Waals surface area (Å²) in [5, 5.41) is 5.10. The van der Waals surface area contributed by atoms with Gasteiger partial charge in [-0.15, -0.1) is 11.8 Å². The molecule has 0 atom stereocenters. The van der Waals surface area contributed by atoms with E-state index in [9.17, 15) is 4.79 Å². The summed E-state index contributed by atoms with van der Waals surface area (Å²) in [6.07, 6.45) is 7.54. The lowest BCUT2D eigenvalue weighted by molar-refractivity contribution is -0.208. The van der Waals surface area contributed by atoms with Crippen molar-refractivity contribution in [1.82, 2.24) is 0 Å². The van der Waals surface area contributed by atoms with Crippen LogP contribution in [0.4, 0.5) is 0 Å². The van der Waals surface area contributed by atoms with E-state index in [-0.39, 0.29) is 11.6 Å². The first-order valence-electron chi connectivity index (χ1n) is 12.3. The van der Waals surface area contributed by atoms with Crippen molar-refractivity contribution >= 4 is 39.3 Å².